The molecule has 2 aliphatic rings. The molecule has 0 aromatic heterocycles. The molecule has 0 unspecified atom stereocenters. The van der Waals surface area contributed by atoms with Gasteiger partial charge in [-0.1, -0.05) is 43.2 Å². The van der Waals surface area contributed by atoms with Crippen LogP contribution in [0.15, 0.2) is 34.9 Å². The molecular weight excluding hydrogens is 288 g/mol. The Morgan fingerprint density at radius 1 is 1.17 bits per heavy atom. The van der Waals surface area contributed by atoms with Crippen molar-refractivity contribution in [2.24, 2.45) is 17.3 Å². The van der Waals surface area contributed by atoms with Gasteiger partial charge in [-0.25, -0.2) is 4.79 Å². The van der Waals surface area contributed by atoms with E-state index >= 15 is 0 Å². The zero-order valence-electron chi connectivity index (χ0n) is 14.8. The van der Waals surface area contributed by atoms with Crippen molar-refractivity contribution in [2.75, 3.05) is 0 Å². The summed E-state index contributed by atoms with van der Waals surface area (Å²) in [4.78, 5) is 11.6. The maximum Gasteiger partial charge on any atom is 0.333 e. The number of fused-ring (bicyclic) bond motifs is 1. The average Bonchev–Trinajstić information content (AvgIpc) is 2.98. The number of hydrogen-bond donors (Lipinski definition) is 2. The molecular formula is C20H30O3. The van der Waals surface area contributed by atoms with Gasteiger partial charge >= 0.3 is 5.97 Å². The van der Waals surface area contributed by atoms with Crippen LogP contribution in [0.2, 0.25) is 0 Å². The summed E-state index contributed by atoms with van der Waals surface area (Å²) in [5.41, 5.74) is 2.93. The summed E-state index contributed by atoms with van der Waals surface area (Å²) in [5.74, 6) is -0.232. The Kier molecular flexibility index (Phi) is 5.51. The first-order valence-electron chi connectivity index (χ1n) is 8.67. The van der Waals surface area contributed by atoms with Crippen LogP contribution in [0.5, 0.6) is 0 Å². The van der Waals surface area contributed by atoms with Crippen LogP contribution in [-0.2, 0) is 4.79 Å². The highest BCUT2D eigenvalue weighted by molar-refractivity contribution is 5.87. The van der Waals surface area contributed by atoms with Crippen molar-refractivity contribution in [3.63, 3.8) is 0 Å². The highest BCUT2D eigenvalue weighted by Crippen LogP contribution is 2.61. The third-order valence-corrected chi connectivity index (χ3v) is 5.67. The Bertz CT molecular complexity index is 551. The first-order valence-corrected chi connectivity index (χ1v) is 8.67. The number of carbonyl (C=O) groups is 1. The van der Waals surface area contributed by atoms with Crippen molar-refractivity contribution in [1.82, 2.24) is 0 Å². The molecule has 2 rings (SSSR count). The van der Waals surface area contributed by atoms with Gasteiger partial charge in [-0.15, -0.1) is 0 Å². The van der Waals surface area contributed by atoms with E-state index in [0.717, 1.165) is 25.7 Å². The van der Waals surface area contributed by atoms with Crippen LogP contribution < -0.4 is 0 Å². The lowest BCUT2D eigenvalue weighted by Crippen LogP contribution is -2.18. The summed E-state index contributed by atoms with van der Waals surface area (Å²) < 4.78 is 0. The molecule has 3 atom stereocenters. The third kappa shape index (κ3) is 4.35. The number of aliphatic carboxylic acids is 1. The second-order valence-electron chi connectivity index (χ2n) is 7.81. The van der Waals surface area contributed by atoms with Gasteiger partial charge < -0.3 is 10.2 Å². The van der Waals surface area contributed by atoms with Crippen molar-refractivity contribution >= 4 is 5.97 Å². The molecule has 0 bridgehead atoms. The standard InChI is InChI=1S/C20H30O3/c1-13-6-5-7-14(2)9-11-18(21)15(19(22)23)12-17-16(10-8-13)20(17,3)4/h6,9,12,16-18,21H,5,7-8,10-11H2,1-4H3,(H,22,23)/b13-6+,14-9+,15-12-/t16-,17-,18+/m1/s1. The first kappa shape index (κ1) is 18.0. The molecule has 0 amide bonds. The van der Waals surface area contributed by atoms with Crippen molar-refractivity contribution in [3.05, 3.63) is 34.9 Å². The number of aliphatic hydroxyl groups is 1. The summed E-state index contributed by atoms with van der Waals surface area (Å²) in [5, 5.41) is 19.8. The molecule has 0 aromatic rings. The second-order valence-corrected chi connectivity index (χ2v) is 7.81. The summed E-state index contributed by atoms with van der Waals surface area (Å²) >= 11 is 0. The van der Waals surface area contributed by atoms with E-state index in [1.54, 1.807) is 0 Å². The van der Waals surface area contributed by atoms with E-state index in [0.29, 0.717) is 12.3 Å². The summed E-state index contributed by atoms with van der Waals surface area (Å²) in [6, 6.07) is 0. The minimum atomic E-state index is -0.992. The van der Waals surface area contributed by atoms with Crippen LogP contribution in [0.4, 0.5) is 0 Å². The Labute approximate surface area is 139 Å². The minimum Gasteiger partial charge on any atom is -0.478 e. The van der Waals surface area contributed by atoms with E-state index < -0.39 is 12.1 Å². The SMILES string of the molecule is C/C1=C\C[C@H](O)/C(C(=O)O)=C/[C@@H]2[C@@H](CC/C(C)=C/CC1)C2(C)C. The number of carboxylic acid groups (broad SMARTS) is 1. The van der Waals surface area contributed by atoms with Gasteiger partial charge in [-0.2, -0.15) is 0 Å². The normalized spacial score (nSPS) is 38.7. The number of carboxylic acids is 1. The molecule has 0 spiro atoms. The smallest absolute Gasteiger partial charge is 0.333 e. The fourth-order valence-electron chi connectivity index (χ4n) is 3.76. The Morgan fingerprint density at radius 2 is 1.83 bits per heavy atom. The molecule has 3 nitrogen and oxygen atoms in total. The lowest BCUT2D eigenvalue weighted by molar-refractivity contribution is -0.133. The lowest BCUT2D eigenvalue weighted by Gasteiger charge is -2.11. The molecule has 0 heterocycles. The summed E-state index contributed by atoms with van der Waals surface area (Å²) in [7, 11) is 0. The van der Waals surface area contributed by atoms with Gasteiger partial charge in [0.2, 0.25) is 0 Å². The van der Waals surface area contributed by atoms with Gasteiger partial charge in [0.25, 0.3) is 0 Å². The van der Waals surface area contributed by atoms with Gasteiger partial charge in [0, 0.05) is 0 Å². The van der Waals surface area contributed by atoms with E-state index in [-0.39, 0.29) is 16.9 Å². The predicted octanol–water partition coefficient (Wildman–Crippen LogP) is 4.49. The molecule has 128 valence electrons. The second kappa shape index (κ2) is 7.04. The molecule has 0 aliphatic heterocycles. The van der Waals surface area contributed by atoms with E-state index in [2.05, 4.69) is 26.8 Å². The minimum absolute atomic E-state index is 0.132. The maximum absolute atomic E-state index is 11.6. The molecule has 2 aliphatic carbocycles. The topological polar surface area (TPSA) is 57.5 Å². The van der Waals surface area contributed by atoms with Crippen LogP contribution in [0.25, 0.3) is 0 Å². The first-order chi connectivity index (χ1) is 10.7. The quantitative estimate of drug-likeness (QED) is 0.700. The van der Waals surface area contributed by atoms with Crippen LogP contribution in [0.1, 0.15) is 59.8 Å². The molecule has 0 radical (unpaired) electrons. The van der Waals surface area contributed by atoms with Crippen LogP contribution >= 0.6 is 0 Å². The van der Waals surface area contributed by atoms with Crippen LogP contribution in [-0.4, -0.2) is 22.3 Å². The van der Waals surface area contributed by atoms with Crippen LogP contribution in [0, 0.1) is 17.3 Å². The number of allylic oxidation sites excluding steroid dienone is 4. The van der Waals surface area contributed by atoms with Gasteiger partial charge in [0.05, 0.1) is 11.7 Å². The molecule has 0 aromatic carbocycles. The van der Waals surface area contributed by atoms with Crippen molar-refractivity contribution in [3.8, 4) is 0 Å². The van der Waals surface area contributed by atoms with Crippen LogP contribution in [0.3, 0.4) is 0 Å². The van der Waals surface area contributed by atoms with Gasteiger partial charge in [-0.3, -0.25) is 0 Å². The Balaban J connectivity index is 2.27. The van der Waals surface area contributed by atoms with E-state index in [9.17, 15) is 15.0 Å². The Morgan fingerprint density at radius 3 is 2.48 bits per heavy atom. The molecule has 1 saturated carbocycles. The maximum atomic E-state index is 11.6. The van der Waals surface area contributed by atoms with Gasteiger partial charge in [0.1, 0.15) is 0 Å². The average molecular weight is 318 g/mol. The highest BCUT2D eigenvalue weighted by Gasteiger charge is 2.55. The van der Waals surface area contributed by atoms with Gasteiger partial charge in [0.15, 0.2) is 0 Å². The zero-order chi connectivity index (χ0) is 17.2. The largest absolute Gasteiger partial charge is 0.478 e. The fourth-order valence-corrected chi connectivity index (χ4v) is 3.76. The molecule has 0 saturated heterocycles. The number of aliphatic hydroxyl groups excluding tert-OH is 1. The monoisotopic (exact) mass is 318 g/mol. The fraction of sp³-hybridized carbons (Fsp3) is 0.650. The van der Waals surface area contributed by atoms with Crippen molar-refractivity contribution in [2.45, 2.75) is 65.9 Å². The summed E-state index contributed by atoms with van der Waals surface area (Å²) in [6.07, 6.45) is 9.74. The number of rotatable bonds is 1. The van der Waals surface area contributed by atoms with Crippen molar-refractivity contribution in [1.29, 1.82) is 0 Å². The van der Waals surface area contributed by atoms with Gasteiger partial charge in [-0.05, 0) is 63.2 Å². The molecule has 1 fully saturated rings. The molecule has 23 heavy (non-hydrogen) atoms. The highest BCUT2D eigenvalue weighted by atomic mass is 16.4. The summed E-state index contributed by atoms with van der Waals surface area (Å²) in [6.45, 7) is 8.64. The van der Waals surface area contributed by atoms with E-state index in [1.807, 2.05) is 19.1 Å². The lowest BCUT2D eigenvalue weighted by atomic mass is 9.99. The number of hydrogen-bond acceptors (Lipinski definition) is 2. The van der Waals surface area contributed by atoms with Crippen molar-refractivity contribution < 1.29 is 15.0 Å². The molecule has 2 N–H and O–H groups in total. The van der Waals surface area contributed by atoms with E-state index in [1.165, 1.54) is 11.1 Å². The van der Waals surface area contributed by atoms with E-state index in [4.69, 9.17) is 0 Å². The Hall–Kier alpha value is -1.35. The predicted molar refractivity (Wildman–Crippen MR) is 93.1 cm³/mol. The zero-order valence-corrected chi connectivity index (χ0v) is 14.8. The molecule has 3 heteroatoms. The third-order valence-electron chi connectivity index (χ3n) is 5.67.